The first kappa shape index (κ1) is 18.0. The average molecular weight is 383 g/mol. The molecule has 0 aliphatic heterocycles. The van der Waals surface area contributed by atoms with Crippen LogP contribution in [0.25, 0.3) is 16.9 Å². The van der Waals surface area contributed by atoms with Crippen LogP contribution in [0.15, 0.2) is 67.1 Å². The molecule has 0 fully saturated rings. The van der Waals surface area contributed by atoms with Crippen molar-refractivity contribution in [1.29, 1.82) is 0 Å². The van der Waals surface area contributed by atoms with Crippen molar-refractivity contribution in [3.8, 4) is 5.82 Å². The van der Waals surface area contributed by atoms with Crippen molar-refractivity contribution >= 4 is 17.0 Å². The Hall–Kier alpha value is -3.42. The molecule has 4 rings (SSSR count). The molecule has 0 aliphatic carbocycles. The number of anilines is 1. The molecule has 0 aliphatic rings. The van der Waals surface area contributed by atoms with Gasteiger partial charge in [0.2, 0.25) is 5.95 Å². The zero-order valence-corrected chi connectivity index (χ0v) is 14.7. The molecule has 0 saturated heterocycles. The number of nitrogens with one attached hydrogen (secondary N) is 1. The van der Waals surface area contributed by atoms with E-state index < -0.39 is 11.7 Å². The fraction of sp³-hybridized carbons (Fsp3) is 0.150. The molecule has 4 aromatic rings. The number of nitrogens with zero attached hydrogens (tertiary/aromatic N) is 4. The quantitative estimate of drug-likeness (QED) is 0.552. The molecule has 0 amide bonds. The van der Waals surface area contributed by atoms with Crippen LogP contribution in [0, 0.1) is 0 Å². The molecule has 0 spiro atoms. The second kappa shape index (κ2) is 7.30. The third-order valence-electron chi connectivity index (χ3n) is 4.30. The van der Waals surface area contributed by atoms with Gasteiger partial charge in [0.15, 0.2) is 0 Å². The largest absolute Gasteiger partial charge is 0.416 e. The highest BCUT2D eigenvalue weighted by atomic mass is 19.4. The predicted octanol–water partition coefficient (Wildman–Crippen LogP) is 4.49. The summed E-state index contributed by atoms with van der Waals surface area (Å²) in [6.07, 6.45) is -0.593. The van der Waals surface area contributed by atoms with Gasteiger partial charge in [0.05, 0.1) is 16.6 Å². The maximum Gasteiger partial charge on any atom is 0.416 e. The van der Waals surface area contributed by atoms with Crippen molar-refractivity contribution in [2.45, 2.75) is 12.6 Å². The van der Waals surface area contributed by atoms with Gasteiger partial charge in [-0.3, -0.25) is 4.57 Å². The van der Waals surface area contributed by atoms with E-state index in [1.54, 1.807) is 12.3 Å². The Morgan fingerprint density at radius 2 is 1.79 bits per heavy atom. The van der Waals surface area contributed by atoms with E-state index in [1.807, 2.05) is 30.3 Å². The van der Waals surface area contributed by atoms with E-state index in [0.717, 1.165) is 18.6 Å². The monoisotopic (exact) mass is 383 g/mol. The van der Waals surface area contributed by atoms with E-state index in [0.29, 0.717) is 29.3 Å². The molecule has 2 heterocycles. The lowest BCUT2D eigenvalue weighted by atomic mass is 10.1. The summed E-state index contributed by atoms with van der Waals surface area (Å²) in [7, 11) is 0. The van der Waals surface area contributed by atoms with Gasteiger partial charge in [0, 0.05) is 12.7 Å². The Morgan fingerprint density at radius 3 is 2.57 bits per heavy atom. The average Bonchev–Trinajstić information content (AvgIpc) is 3.12. The van der Waals surface area contributed by atoms with Gasteiger partial charge in [-0.2, -0.15) is 18.2 Å². The first-order valence-corrected chi connectivity index (χ1v) is 8.66. The van der Waals surface area contributed by atoms with Gasteiger partial charge < -0.3 is 5.32 Å². The maximum absolute atomic E-state index is 13.0. The van der Waals surface area contributed by atoms with Crippen molar-refractivity contribution in [2.75, 3.05) is 11.9 Å². The number of hydrogen-bond acceptors (Lipinski definition) is 4. The van der Waals surface area contributed by atoms with Crippen molar-refractivity contribution in [2.24, 2.45) is 0 Å². The van der Waals surface area contributed by atoms with E-state index in [1.165, 1.54) is 22.5 Å². The molecule has 0 saturated carbocycles. The number of imidazole rings is 1. The minimum atomic E-state index is -4.42. The van der Waals surface area contributed by atoms with Crippen molar-refractivity contribution in [3.05, 3.63) is 78.2 Å². The van der Waals surface area contributed by atoms with Crippen molar-refractivity contribution in [3.63, 3.8) is 0 Å². The molecule has 5 nitrogen and oxygen atoms in total. The van der Waals surface area contributed by atoms with E-state index in [9.17, 15) is 13.2 Å². The summed E-state index contributed by atoms with van der Waals surface area (Å²) < 4.78 is 40.6. The Bertz CT molecular complexity index is 1090. The van der Waals surface area contributed by atoms with E-state index >= 15 is 0 Å². The number of hydrogen-bond donors (Lipinski definition) is 1. The number of aromatic nitrogens is 4. The smallest absolute Gasteiger partial charge is 0.354 e. The van der Waals surface area contributed by atoms with Gasteiger partial charge in [-0.1, -0.05) is 30.3 Å². The predicted molar refractivity (Wildman–Crippen MR) is 100 cm³/mol. The third kappa shape index (κ3) is 3.80. The maximum atomic E-state index is 13.0. The SMILES string of the molecule is FC(F)(F)c1ccc2ncn(-c3ccnc(NCCc4ccccc4)n3)c2c1. The summed E-state index contributed by atoms with van der Waals surface area (Å²) in [5, 5.41) is 3.14. The Morgan fingerprint density at radius 1 is 0.964 bits per heavy atom. The molecule has 2 aromatic carbocycles. The summed E-state index contributed by atoms with van der Waals surface area (Å²) in [5.41, 5.74) is 1.26. The molecule has 28 heavy (non-hydrogen) atoms. The van der Waals surface area contributed by atoms with Crippen LogP contribution in [-0.2, 0) is 12.6 Å². The van der Waals surface area contributed by atoms with Crippen LogP contribution in [0.2, 0.25) is 0 Å². The topological polar surface area (TPSA) is 55.6 Å². The molecule has 2 aromatic heterocycles. The van der Waals surface area contributed by atoms with Crippen LogP contribution in [0.4, 0.5) is 19.1 Å². The Labute approximate surface area is 158 Å². The van der Waals surface area contributed by atoms with E-state index in [-0.39, 0.29) is 0 Å². The molecule has 142 valence electrons. The Kier molecular flexibility index (Phi) is 4.68. The second-order valence-corrected chi connectivity index (χ2v) is 6.22. The van der Waals surface area contributed by atoms with Crippen LogP contribution >= 0.6 is 0 Å². The van der Waals surface area contributed by atoms with Crippen LogP contribution in [0.1, 0.15) is 11.1 Å². The second-order valence-electron chi connectivity index (χ2n) is 6.22. The minimum absolute atomic E-state index is 0.337. The number of halogens is 3. The molecule has 8 heteroatoms. The molecular weight excluding hydrogens is 367 g/mol. The lowest BCUT2D eigenvalue weighted by Gasteiger charge is -2.09. The van der Waals surface area contributed by atoms with Crippen molar-refractivity contribution in [1.82, 2.24) is 19.5 Å². The minimum Gasteiger partial charge on any atom is -0.354 e. The van der Waals surface area contributed by atoms with E-state index in [2.05, 4.69) is 20.3 Å². The molecule has 1 N–H and O–H groups in total. The first-order valence-electron chi connectivity index (χ1n) is 8.66. The number of rotatable bonds is 5. The summed E-state index contributed by atoms with van der Waals surface area (Å²) in [6, 6.07) is 15.1. The van der Waals surface area contributed by atoms with Crippen LogP contribution in [0.5, 0.6) is 0 Å². The van der Waals surface area contributed by atoms with Crippen LogP contribution in [0.3, 0.4) is 0 Å². The highest BCUT2D eigenvalue weighted by Gasteiger charge is 2.31. The highest BCUT2D eigenvalue weighted by Crippen LogP contribution is 2.31. The number of alkyl halides is 3. The summed E-state index contributed by atoms with van der Waals surface area (Å²) in [5.74, 6) is 0.848. The van der Waals surface area contributed by atoms with Crippen molar-refractivity contribution < 1.29 is 13.2 Å². The zero-order chi connectivity index (χ0) is 19.6. The lowest BCUT2D eigenvalue weighted by molar-refractivity contribution is -0.137. The molecular formula is C20H16F3N5. The summed E-state index contributed by atoms with van der Waals surface area (Å²) >= 11 is 0. The van der Waals surface area contributed by atoms with Gasteiger partial charge in [0.25, 0.3) is 0 Å². The van der Waals surface area contributed by atoms with Gasteiger partial charge in [0.1, 0.15) is 12.1 Å². The van der Waals surface area contributed by atoms with Gasteiger partial charge in [-0.05, 0) is 36.2 Å². The molecule has 0 bridgehead atoms. The molecule has 0 radical (unpaired) electrons. The molecule has 0 unspecified atom stereocenters. The summed E-state index contributed by atoms with van der Waals surface area (Å²) in [4.78, 5) is 12.8. The Balaban J connectivity index is 1.57. The van der Waals surface area contributed by atoms with Gasteiger partial charge >= 0.3 is 6.18 Å². The third-order valence-corrected chi connectivity index (χ3v) is 4.30. The molecule has 0 atom stereocenters. The standard InChI is InChI=1S/C20H16F3N5/c21-20(22,23)15-6-7-16-17(12-15)28(13-26-16)18-9-11-25-19(27-18)24-10-8-14-4-2-1-3-5-14/h1-7,9,11-13H,8,10H2,(H,24,25,27). The number of fused-ring (bicyclic) bond motifs is 1. The van der Waals surface area contributed by atoms with E-state index in [4.69, 9.17) is 0 Å². The zero-order valence-electron chi connectivity index (χ0n) is 14.7. The van der Waals surface area contributed by atoms with Crippen LogP contribution < -0.4 is 5.32 Å². The number of benzene rings is 2. The fourth-order valence-corrected chi connectivity index (χ4v) is 2.90. The summed E-state index contributed by atoms with van der Waals surface area (Å²) in [6.45, 7) is 0.635. The fourth-order valence-electron chi connectivity index (χ4n) is 2.90. The first-order chi connectivity index (χ1) is 13.5. The van der Waals surface area contributed by atoms with Crippen LogP contribution in [-0.4, -0.2) is 26.1 Å². The van der Waals surface area contributed by atoms with Gasteiger partial charge in [-0.25, -0.2) is 9.97 Å². The lowest BCUT2D eigenvalue weighted by Crippen LogP contribution is -2.09. The van der Waals surface area contributed by atoms with Gasteiger partial charge in [-0.15, -0.1) is 0 Å². The normalized spacial score (nSPS) is 11.7. The highest BCUT2D eigenvalue weighted by molar-refractivity contribution is 5.78.